The van der Waals surface area contributed by atoms with E-state index in [-0.39, 0.29) is 5.91 Å². The first-order valence-corrected chi connectivity index (χ1v) is 8.29. The molecule has 0 bridgehead atoms. The van der Waals surface area contributed by atoms with E-state index in [1.165, 1.54) is 17.4 Å². The Bertz CT molecular complexity index is 781. The molecule has 23 heavy (non-hydrogen) atoms. The molecule has 4 nitrogen and oxygen atoms in total. The van der Waals surface area contributed by atoms with E-state index in [2.05, 4.69) is 5.32 Å². The van der Waals surface area contributed by atoms with Gasteiger partial charge in [0.1, 0.15) is 5.00 Å². The Morgan fingerprint density at radius 2 is 2.04 bits per heavy atom. The number of benzene rings is 1. The molecule has 1 heterocycles. The zero-order valence-electron chi connectivity index (χ0n) is 12.9. The fourth-order valence-electron chi connectivity index (χ4n) is 2.28. The van der Waals surface area contributed by atoms with Gasteiger partial charge >= 0.3 is 0 Å². The second-order valence-electron chi connectivity index (χ2n) is 4.90. The summed E-state index contributed by atoms with van der Waals surface area (Å²) in [5.74, 6) is -0.868. The Balaban J connectivity index is 2.21. The second kappa shape index (κ2) is 7.44. The van der Waals surface area contributed by atoms with Crippen molar-refractivity contribution in [3.63, 3.8) is 0 Å². The fraction of sp³-hybridized carbons (Fsp3) is 0.176. The van der Waals surface area contributed by atoms with Crippen LogP contribution in [0.5, 0.6) is 0 Å². The molecule has 2 amide bonds. The number of halogens is 1. The molecular weight excluding hydrogens is 332 g/mol. The van der Waals surface area contributed by atoms with Gasteiger partial charge in [-0.15, -0.1) is 11.3 Å². The van der Waals surface area contributed by atoms with Crippen LogP contribution < -0.4 is 11.1 Å². The summed E-state index contributed by atoms with van der Waals surface area (Å²) in [5, 5.41) is 3.78. The van der Waals surface area contributed by atoms with Crippen molar-refractivity contribution in [3.05, 3.63) is 56.9 Å². The van der Waals surface area contributed by atoms with Crippen molar-refractivity contribution in [1.82, 2.24) is 0 Å². The normalized spacial score (nSPS) is 10.9. The molecule has 0 spiro atoms. The number of rotatable bonds is 5. The Morgan fingerprint density at radius 1 is 1.35 bits per heavy atom. The summed E-state index contributed by atoms with van der Waals surface area (Å²) in [4.78, 5) is 24.7. The maximum Gasteiger partial charge on any atom is 0.251 e. The number of amides is 2. The molecule has 0 saturated heterocycles. The summed E-state index contributed by atoms with van der Waals surface area (Å²) >= 11 is 7.39. The van der Waals surface area contributed by atoms with Crippen molar-refractivity contribution in [1.29, 1.82) is 0 Å². The quantitative estimate of drug-likeness (QED) is 0.801. The minimum atomic E-state index is -0.531. The number of hydrogen-bond acceptors (Lipinski definition) is 3. The van der Waals surface area contributed by atoms with Gasteiger partial charge in [0.15, 0.2) is 0 Å². The van der Waals surface area contributed by atoms with Crippen LogP contribution in [-0.4, -0.2) is 11.8 Å². The Labute approximate surface area is 144 Å². The van der Waals surface area contributed by atoms with Crippen LogP contribution in [0, 0.1) is 6.92 Å². The highest BCUT2D eigenvalue weighted by molar-refractivity contribution is 7.16. The van der Waals surface area contributed by atoms with Crippen LogP contribution in [0.25, 0.3) is 6.08 Å². The first kappa shape index (κ1) is 17.2. The van der Waals surface area contributed by atoms with E-state index < -0.39 is 5.91 Å². The molecule has 1 aromatic carbocycles. The molecule has 120 valence electrons. The van der Waals surface area contributed by atoms with E-state index >= 15 is 0 Å². The highest BCUT2D eigenvalue weighted by Gasteiger charge is 2.19. The number of nitrogens with two attached hydrogens (primary N) is 1. The predicted octanol–water partition coefficient (Wildman–Crippen LogP) is 4.02. The summed E-state index contributed by atoms with van der Waals surface area (Å²) in [6.45, 7) is 3.86. The molecule has 2 aromatic rings. The smallest absolute Gasteiger partial charge is 0.251 e. The molecule has 0 radical (unpaired) electrons. The summed E-state index contributed by atoms with van der Waals surface area (Å²) in [6.07, 6.45) is 3.70. The van der Waals surface area contributed by atoms with Gasteiger partial charge in [-0.3, -0.25) is 9.59 Å². The van der Waals surface area contributed by atoms with E-state index in [0.29, 0.717) is 22.0 Å². The molecule has 1 aromatic heterocycles. The van der Waals surface area contributed by atoms with Crippen molar-refractivity contribution < 1.29 is 9.59 Å². The van der Waals surface area contributed by atoms with E-state index in [0.717, 1.165) is 16.0 Å². The lowest BCUT2D eigenvalue weighted by atomic mass is 10.1. The predicted molar refractivity (Wildman–Crippen MR) is 96.1 cm³/mol. The van der Waals surface area contributed by atoms with Crippen molar-refractivity contribution in [2.75, 3.05) is 5.32 Å². The first-order chi connectivity index (χ1) is 10.9. The minimum absolute atomic E-state index is 0.337. The maximum atomic E-state index is 12.1. The number of primary amides is 1. The largest absolute Gasteiger partial charge is 0.365 e. The Hall–Kier alpha value is -2.11. The molecule has 6 heteroatoms. The molecular formula is C17H17ClN2O2S. The van der Waals surface area contributed by atoms with Gasteiger partial charge in [0.05, 0.1) is 5.56 Å². The van der Waals surface area contributed by atoms with E-state index in [4.69, 9.17) is 17.3 Å². The van der Waals surface area contributed by atoms with Crippen molar-refractivity contribution in [2.45, 2.75) is 20.3 Å². The van der Waals surface area contributed by atoms with Gasteiger partial charge in [-0.1, -0.05) is 36.7 Å². The van der Waals surface area contributed by atoms with Gasteiger partial charge < -0.3 is 11.1 Å². The third-order valence-corrected chi connectivity index (χ3v) is 4.77. The van der Waals surface area contributed by atoms with Crippen LogP contribution >= 0.6 is 22.9 Å². The summed E-state index contributed by atoms with van der Waals surface area (Å²) < 4.78 is 0. The van der Waals surface area contributed by atoms with Crippen LogP contribution in [0.3, 0.4) is 0 Å². The lowest BCUT2D eigenvalue weighted by Gasteiger charge is -2.03. The highest BCUT2D eigenvalue weighted by Crippen LogP contribution is 2.33. The van der Waals surface area contributed by atoms with Crippen LogP contribution in [0.1, 0.15) is 33.3 Å². The first-order valence-electron chi connectivity index (χ1n) is 7.09. The van der Waals surface area contributed by atoms with Gasteiger partial charge in [0.25, 0.3) is 5.91 Å². The number of carbonyl (C=O) groups excluding carboxylic acids is 2. The second-order valence-corrected chi connectivity index (χ2v) is 6.53. The molecule has 0 unspecified atom stereocenters. The van der Waals surface area contributed by atoms with Gasteiger partial charge in [-0.25, -0.2) is 0 Å². The molecule has 0 saturated carbocycles. The molecule has 0 aliphatic carbocycles. The van der Waals surface area contributed by atoms with Crippen LogP contribution in [0.4, 0.5) is 5.00 Å². The number of nitrogens with one attached hydrogen (secondary N) is 1. The third kappa shape index (κ3) is 4.00. The topological polar surface area (TPSA) is 72.2 Å². The number of aryl methyl sites for hydroxylation is 1. The number of thiophene rings is 1. The Kier molecular flexibility index (Phi) is 5.58. The minimum Gasteiger partial charge on any atom is -0.365 e. The summed E-state index contributed by atoms with van der Waals surface area (Å²) in [7, 11) is 0. The SMILES string of the molecule is CCc1c(C)sc(NC(=O)/C=C/c2ccccc2Cl)c1C(N)=O. The van der Waals surface area contributed by atoms with Crippen LogP contribution in [0.15, 0.2) is 30.3 Å². The van der Waals surface area contributed by atoms with Crippen LogP contribution in [0.2, 0.25) is 5.02 Å². The zero-order chi connectivity index (χ0) is 17.0. The Morgan fingerprint density at radius 3 is 2.65 bits per heavy atom. The maximum absolute atomic E-state index is 12.1. The summed E-state index contributed by atoms with van der Waals surface area (Å²) in [6, 6.07) is 7.22. The molecule has 0 atom stereocenters. The van der Waals surface area contributed by atoms with E-state index in [1.807, 2.05) is 32.0 Å². The highest BCUT2D eigenvalue weighted by atomic mass is 35.5. The van der Waals surface area contributed by atoms with Gasteiger partial charge in [-0.05, 0) is 36.6 Å². The lowest BCUT2D eigenvalue weighted by molar-refractivity contribution is -0.111. The zero-order valence-corrected chi connectivity index (χ0v) is 14.4. The standard InChI is InChI=1S/C17H17ClN2O2S/c1-3-12-10(2)23-17(15(12)16(19)22)20-14(21)9-8-11-6-4-5-7-13(11)18/h4-9H,3H2,1-2H3,(H2,19,22)(H,20,21)/b9-8+. The van der Waals surface area contributed by atoms with Gasteiger partial charge in [0.2, 0.25) is 5.91 Å². The molecule has 0 aliphatic heterocycles. The third-order valence-electron chi connectivity index (χ3n) is 3.37. The van der Waals surface area contributed by atoms with E-state index in [1.54, 1.807) is 12.1 Å². The number of hydrogen-bond donors (Lipinski definition) is 2. The van der Waals surface area contributed by atoms with Crippen molar-refractivity contribution in [2.24, 2.45) is 5.73 Å². The average Bonchev–Trinajstić information content (AvgIpc) is 2.81. The molecule has 3 N–H and O–H groups in total. The number of anilines is 1. The van der Waals surface area contributed by atoms with Crippen molar-refractivity contribution >= 4 is 45.8 Å². The molecule has 2 rings (SSSR count). The fourth-order valence-corrected chi connectivity index (χ4v) is 3.63. The van der Waals surface area contributed by atoms with Crippen molar-refractivity contribution in [3.8, 4) is 0 Å². The monoisotopic (exact) mass is 348 g/mol. The molecule has 0 fully saturated rings. The summed E-state index contributed by atoms with van der Waals surface area (Å²) in [5.41, 5.74) is 7.47. The molecule has 0 aliphatic rings. The number of carbonyl (C=O) groups is 2. The van der Waals surface area contributed by atoms with Gasteiger partial charge in [-0.2, -0.15) is 0 Å². The lowest BCUT2D eigenvalue weighted by Crippen LogP contribution is -2.16. The van der Waals surface area contributed by atoms with Gasteiger partial charge in [0, 0.05) is 16.0 Å². The van der Waals surface area contributed by atoms with E-state index in [9.17, 15) is 9.59 Å². The van der Waals surface area contributed by atoms with Crippen LogP contribution in [-0.2, 0) is 11.2 Å². The average molecular weight is 349 g/mol.